The first-order chi connectivity index (χ1) is 8.78. The second kappa shape index (κ2) is 4.40. The highest BCUT2D eigenvalue weighted by Gasteiger charge is 2.09. The molecule has 0 atom stereocenters. The first-order valence-electron chi connectivity index (χ1n) is 5.56. The molecule has 0 aliphatic carbocycles. The zero-order chi connectivity index (χ0) is 12.5. The Balaban J connectivity index is 2.16. The number of phenols is 1. The van der Waals surface area contributed by atoms with Gasteiger partial charge in [0.05, 0.1) is 11.3 Å². The number of hydrogen-bond donors (Lipinski definition) is 2. The number of rotatable bonds is 2. The molecule has 3 rings (SSSR count). The topological polar surface area (TPSA) is 53.4 Å². The third-order valence-electron chi connectivity index (χ3n) is 2.75. The van der Waals surface area contributed by atoms with Gasteiger partial charge in [-0.15, -0.1) is 11.3 Å². The molecule has 1 aromatic heterocycles. The van der Waals surface area contributed by atoms with Gasteiger partial charge in [0.1, 0.15) is 16.3 Å². The van der Waals surface area contributed by atoms with E-state index in [4.69, 9.17) is 5.11 Å². The minimum atomic E-state index is 0.0178. The molecule has 2 aromatic carbocycles. The molecule has 0 aliphatic rings. The summed E-state index contributed by atoms with van der Waals surface area (Å²) in [5, 5.41) is 19.7. The molecule has 0 saturated heterocycles. The van der Waals surface area contributed by atoms with Gasteiger partial charge < -0.3 is 10.2 Å². The molecule has 0 aliphatic heterocycles. The number of thiazole rings is 1. The van der Waals surface area contributed by atoms with Crippen LogP contribution in [0.5, 0.6) is 5.75 Å². The van der Waals surface area contributed by atoms with Crippen molar-refractivity contribution >= 4 is 21.6 Å². The van der Waals surface area contributed by atoms with Gasteiger partial charge in [0.15, 0.2) is 0 Å². The fraction of sp³-hybridized carbons (Fsp3) is 0.0714. The highest BCUT2D eigenvalue weighted by molar-refractivity contribution is 7.21. The molecule has 0 spiro atoms. The lowest BCUT2D eigenvalue weighted by atomic mass is 10.1. The smallest absolute Gasteiger partial charge is 0.142 e. The number of para-hydroxylation sites is 1. The minimum absolute atomic E-state index is 0.0178. The predicted molar refractivity (Wildman–Crippen MR) is 72.6 cm³/mol. The molecule has 0 saturated carbocycles. The van der Waals surface area contributed by atoms with Crippen molar-refractivity contribution in [3.63, 3.8) is 0 Å². The first-order valence-corrected chi connectivity index (χ1v) is 6.38. The Kier molecular flexibility index (Phi) is 2.74. The summed E-state index contributed by atoms with van der Waals surface area (Å²) in [5.74, 6) is 0.202. The van der Waals surface area contributed by atoms with Crippen LogP contribution in [0, 0.1) is 0 Å². The predicted octanol–water partition coefficient (Wildman–Crippen LogP) is 3.16. The van der Waals surface area contributed by atoms with E-state index in [1.165, 1.54) is 11.3 Å². The number of phenolic OH excluding ortho intramolecular Hbond substituents is 1. The standard InChI is InChI=1S/C14H11NO2S/c16-8-9-3-1-4-10(7-9)14-15-13-11(17)5-2-6-12(13)18-14/h1-7,16-17H,8H2. The van der Waals surface area contributed by atoms with Crippen LogP contribution in [0.25, 0.3) is 20.8 Å². The second-order valence-electron chi connectivity index (χ2n) is 4.00. The van der Waals surface area contributed by atoms with Gasteiger partial charge >= 0.3 is 0 Å². The van der Waals surface area contributed by atoms with Crippen LogP contribution in [0.15, 0.2) is 42.5 Å². The van der Waals surface area contributed by atoms with Gasteiger partial charge in [0.2, 0.25) is 0 Å². The molecule has 0 fully saturated rings. The van der Waals surface area contributed by atoms with Crippen LogP contribution in [0.4, 0.5) is 0 Å². The van der Waals surface area contributed by atoms with Crippen LogP contribution in [0.1, 0.15) is 5.56 Å². The monoisotopic (exact) mass is 257 g/mol. The first kappa shape index (κ1) is 11.2. The van der Waals surface area contributed by atoms with Crippen molar-refractivity contribution in [2.24, 2.45) is 0 Å². The van der Waals surface area contributed by atoms with E-state index in [0.717, 1.165) is 20.8 Å². The number of hydrogen-bond acceptors (Lipinski definition) is 4. The maximum atomic E-state index is 9.74. The van der Waals surface area contributed by atoms with Gasteiger partial charge in [-0.1, -0.05) is 24.3 Å². The van der Waals surface area contributed by atoms with E-state index in [1.54, 1.807) is 6.07 Å². The Bertz CT molecular complexity index is 706. The molecule has 0 unspecified atom stereocenters. The van der Waals surface area contributed by atoms with Gasteiger partial charge in [0.25, 0.3) is 0 Å². The van der Waals surface area contributed by atoms with Gasteiger partial charge in [-0.05, 0) is 23.8 Å². The molecule has 90 valence electrons. The van der Waals surface area contributed by atoms with E-state index in [2.05, 4.69) is 4.98 Å². The number of nitrogens with zero attached hydrogens (tertiary/aromatic N) is 1. The Morgan fingerprint density at radius 3 is 2.72 bits per heavy atom. The van der Waals surface area contributed by atoms with Crippen molar-refractivity contribution in [3.8, 4) is 16.3 Å². The zero-order valence-electron chi connectivity index (χ0n) is 9.50. The number of benzene rings is 2. The fourth-order valence-corrected chi connectivity index (χ4v) is 2.84. The van der Waals surface area contributed by atoms with Crippen LogP contribution >= 0.6 is 11.3 Å². The van der Waals surface area contributed by atoms with E-state index in [0.29, 0.717) is 5.52 Å². The summed E-state index contributed by atoms with van der Waals surface area (Å²) in [6.07, 6.45) is 0. The normalized spacial score (nSPS) is 10.9. The molecular weight excluding hydrogens is 246 g/mol. The number of aliphatic hydroxyl groups excluding tert-OH is 1. The van der Waals surface area contributed by atoms with E-state index in [9.17, 15) is 5.11 Å². The van der Waals surface area contributed by atoms with Gasteiger partial charge in [-0.2, -0.15) is 0 Å². The maximum Gasteiger partial charge on any atom is 0.142 e. The number of aromatic nitrogens is 1. The van der Waals surface area contributed by atoms with Crippen LogP contribution in [-0.4, -0.2) is 15.2 Å². The second-order valence-corrected chi connectivity index (χ2v) is 5.03. The maximum absolute atomic E-state index is 9.74. The summed E-state index contributed by atoms with van der Waals surface area (Å²) in [6.45, 7) is 0.0178. The molecular formula is C14H11NO2S. The molecule has 3 nitrogen and oxygen atoms in total. The van der Waals surface area contributed by atoms with E-state index in [-0.39, 0.29) is 12.4 Å². The van der Waals surface area contributed by atoms with E-state index >= 15 is 0 Å². The summed E-state index contributed by atoms with van der Waals surface area (Å²) in [7, 11) is 0. The highest BCUT2D eigenvalue weighted by Crippen LogP contribution is 2.34. The summed E-state index contributed by atoms with van der Waals surface area (Å²) < 4.78 is 0.958. The summed E-state index contributed by atoms with van der Waals surface area (Å²) in [6, 6.07) is 13.0. The summed E-state index contributed by atoms with van der Waals surface area (Å²) >= 11 is 1.53. The third-order valence-corrected chi connectivity index (χ3v) is 3.82. The van der Waals surface area contributed by atoms with Gasteiger partial charge in [0, 0.05) is 5.56 Å². The Morgan fingerprint density at radius 2 is 1.94 bits per heavy atom. The van der Waals surface area contributed by atoms with Crippen molar-refractivity contribution in [3.05, 3.63) is 48.0 Å². The molecule has 0 amide bonds. The summed E-state index contributed by atoms with van der Waals surface area (Å²) in [4.78, 5) is 4.44. The average molecular weight is 257 g/mol. The molecule has 4 heteroatoms. The van der Waals surface area contributed by atoms with Gasteiger partial charge in [-0.25, -0.2) is 4.98 Å². The van der Waals surface area contributed by atoms with Crippen LogP contribution in [0.3, 0.4) is 0 Å². The van der Waals surface area contributed by atoms with E-state index < -0.39 is 0 Å². The Labute approximate surface area is 108 Å². The quantitative estimate of drug-likeness (QED) is 0.741. The molecule has 2 N–H and O–H groups in total. The third kappa shape index (κ3) is 1.85. The minimum Gasteiger partial charge on any atom is -0.506 e. The average Bonchev–Trinajstić information content (AvgIpc) is 2.84. The largest absolute Gasteiger partial charge is 0.506 e. The van der Waals surface area contributed by atoms with Crippen LogP contribution in [0.2, 0.25) is 0 Å². The summed E-state index contributed by atoms with van der Waals surface area (Å²) in [5.41, 5.74) is 2.45. The molecule has 0 bridgehead atoms. The highest BCUT2D eigenvalue weighted by atomic mass is 32.1. The number of aliphatic hydroxyl groups is 1. The fourth-order valence-electron chi connectivity index (χ4n) is 1.86. The number of fused-ring (bicyclic) bond motifs is 1. The SMILES string of the molecule is OCc1cccc(-c2nc3c(O)cccc3s2)c1. The molecule has 3 aromatic rings. The lowest BCUT2D eigenvalue weighted by Gasteiger charge is -1.99. The van der Waals surface area contributed by atoms with E-state index in [1.807, 2.05) is 36.4 Å². The molecule has 1 heterocycles. The molecule has 0 radical (unpaired) electrons. The molecule has 18 heavy (non-hydrogen) atoms. The van der Waals surface area contributed by atoms with Crippen LogP contribution < -0.4 is 0 Å². The lowest BCUT2D eigenvalue weighted by Crippen LogP contribution is -1.83. The Hall–Kier alpha value is -1.91. The zero-order valence-corrected chi connectivity index (χ0v) is 10.3. The number of aromatic hydroxyl groups is 1. The van der Waals surface area contributed by atoms with Crippen molar-refractivity contribution in [2.45, 2.75) is 6.61 Å². The van der Waals surface area contributed by atoms with Crippen molar-refractivity contribution in [2.75, 3.05) is 0 Å². The van der Waals surface area contributed by atoms with Crippen molar-refractivity contribution < 1.29 is 10.2 Å². The van der Waals surface area contributed by atoms with Crippen LogP contribution in [-0.2, 0) is 6.61 Å². The Morgan fingerprint density at radius 1 is 1.11 bits per heavy atom. The lowest BCUT2D eigenvalue weighted by molar-refractivity contribution is 0.282. The van der Waals surface area contributed by atoms with Gasteiger partial charge in [-0.3, -0.25) is 0 Å². The van der Waals surface area contributed by atoms with Crippen molar-refractivity contribution in [1.29, 1.82) is 0 Å². The van der Waals surface area contributed by atoms with Crippen molar-refractivity contribution in [1.82, 2.24) is 4.98 Å².